The Kier molecular flexibility index (Phi) is 12.2. The molecule has 0 aliphatic heterocycles. The first-order chi connectivity index (χ1) is 9.02. The van der Waals surface area contributed by atoms with E-state index in [1.54, 1.807) is 0 Å². The zero-order valence-corrected chi connectivity index (χ0v) is 14.1. The zero-order chi connectivity index (χ0) is 14.6. The van der Waals surface area contributed by atoms with Crippen LogP contribution in [-0.2, 0) is 0 Å². The SMILES string of the molecule is CCCCCCCCCCCC(C)(C)CC(O)CCl. The van der Waals surface area contributed by atoms with Crippen molar-refractivity contribution in [2.24, 2.45) is 5.41 Å². The number of unbranched alkanes of at least 4 members (excludes halogenated alkanes) is 8. The Morgan fingerprint density at radius 3 is 1.84 bits per heavy atom. The summed E-state index contributed by atoms with van der Waals surface area (Å²) in [5.41, 5.74) is 0.232. The first kappa shape index (κ1) is 19.2. The predicted molar refractivity (Wildman–Crippen MR) is 87.0 cm³/mol. The standard InChI is InChI=1S/C17H35ClO/c1-4-5-6-7-8-9-10-11-12-13-17(2,3)14-16(19)15-18/h16,19H,4-15H2,1-3H3. The fraction of sp³-hybridized carbons (Fsp3) is 1.00. The number of alkyl halides is 1. The Bertz CT molecular complexity index is 192. The molecule has 0 aromatic rings. The van der Waals surface area contributed by atoms with Gasteiger partial charge in [-0.15, -0.1) is 11.6 Å². The summed E-state index contributed by atoms with van der Waals surface area (Å²) in [7, 11) is 0. The Morgan fingerprint density at radius 2 is 1.37 bits per heavy atom. The molecule has 0 aliphatic rings. The van der Waals surface area contributed by atoms with Crippen molar-refractivity contribution >= 4 is 11.6 Å². The van der Waals surface area contributed by atoms with E-state index in [-0.39, 0.29) is 11.5 Å². The summed E-state index contributed by atoms with van der Waals surface area (Å²) in [6.45, 7) is 6.75. The van der Waals surface area contributed by atoms with Crippen LogP contribution in [0.3, 0.4) is 0 Å². The molecule has 2 heteroatoms. The van der Waals surface area contributed by atoms with Gasteiger partial charge < -0.3 is 5.11 Å². The van der Waals surface area contributed by atoms with Gasteiger partial charge in [0, 0.05) is 5.88 Å². The topological polar surface area (TPSA) is 20.2 Å². The van der Waals surface area contributed by atoms with Crippen LogP contribution in [0.5, 0.6) is 0 Å². The third-order valence-corrected chi connectivity index (χ3v) is 4.28. The van der Waals surface area contributed by atoms with Crippen molar-refractivity contribution in [2.75, 3.05) is 5.88 Å². The molecule has 19 heavy (non-hydrogen) atoms. The highest BCUT2D eigenvalue weighted by Crippen LogP contribution is 2.29. The molecule has 0 aromatic carbocycles. The molecule has 1 atom stereocenters. The van der Waals surface area contributed by atoms with Gasteiger partial charge in [0.2, 0.25) is 0 Å². The second-order valence-electron chi connectivity index (χ2n) is 6.75. The first-order valence-corrected chi connectivity index (χ1v) is 8.79. The predicted octanol–water partition coefficient (Wildman–Crippen LogP) is 5.92. The van der Waals surface area contributed by atoms with E-state index in [0.29, 0.717) is 5.88 Å². The molecule has 0 aromatic heterocycles. The highest BCUT2D eigenvalue weighted by atomic mass is 35.5. The Balaban J connectivity index is 3.37. The largest absolute Gasteiger partial charge is 0.392 e. The molecule has 0 fully saturated rings. The smallest absolute Gasteiger partial charge is 0.0680 e. The Morgan fingerprint density at radius 1 is 0.895 bits per heavy atom. The van der Waals surface area contributed by atoms with Gasteiger partial charge in [-0.3, -0.25) is 0 Å². The van der Waals surface area contributed by atoms with Crippen LogP contribution >= 0.6 is 11.6 Å². The van der Waals surface area contributed by atoms with E-state index in [2.05, 4.69) is 20.8 Å². The molecule has 0 aliphatic carbocycles. The summed E-state index contributed by atoms with van der Waals surface area (Å²) in [5.74, 6) is 0.362. The summed E-state index contributed by atoms with van der Waals surface area (Å²) in [4.78, 5) is 0. The van der Waals surface area contributed by atoms with Gasteiger partial charge in [-0.05, 0) is 18.3 Å². The molecule has 0 heterocycles. The summed E-state index contributed by atoms with van der Waals surface area (Å²) in [5, 5.41) is 9.61. The lowest BCUT2D eigenvalue weighted by molar-refractivity contribution is 0.125. The maximum Gasteiger partial charge on any atom is 0.0680 e. The number of aliphatic hydroxyl groups is 1. The van der Waals surface area contributed by atoms with Crippen LogP contribution in [0.2, 0.25) is 0 Å². The molecular weight excluding hydrogens is 256 g/mol. The van der Waals surface area contributed by atoms with Crippen LogP contribution in [0.15, 0.2) is 0 Å². The van der Waals surface area contributed by atoms with Crippen molar-refractivity contribution in [1.29, 1.82) is 0 Å². The van der Waals surface area contributed by atoms with Gasteiger partial charge in [0.25, 0.3) is 0 Å². The number of rotatable bonds is 13. The Hall–Kier alpha value is 0.250. The number of hydrogen-bond donors (Lipinski definition) is 1. The average Bonchev–Trinajstić information content (AvgIpc) is 2.36. The average molecular weight is 291 g/mol. The van der Waals surface area contributed by atoms with Gasteiger partial charge in [0.1, 0.15) is 0 Å². The minimum atomic E-state index is -0.338. The van der Waals surface area contributed by atoms with Crippen molar-refractivity contribution in [2.45, 2.75) is 97.5 Å². The van der Waals surface area contributed by atoms with Gasteiger partial charge in [0.05, 0.1) is 6.10 Å². The summed E-state index contributed by atoms with van der Waals surface area (Å²) < 4.78 is 0. The summed E-state index contributed by atoms with van der Waals surface area (Å²) >= 11 is 5.66. The van der Waals surface area contributed by atoms with Crippen molar-refractivity contribution in [3.8, 4) is 0 Å². The van der Waals surface area contributed by atoms with E-state index in [1.165, 1.54) is 64.2 Å². The maximum absolute atomic E-state index is 9.61. The monoisotopic (exact) mass is 290 g/mol. The minimum absolute atomic E-state index is 0.232. The van der Waals surface area contributed by atoms with Crippen LogP contribution in [0.25, 0.3) is 0 Å². The fourth-order valence-corrected chi connectivity index (χ4v) is 2.82. The number of hydrogen-bond acceptors (Lipinski definition) is 1. The van der Waals surface area contributed by atoms with Crippen LogP contribution in [0.4, 0.5) is 0 Å². The lowest BCUT2D eigenvalue weighted by Crippen LogP contribution is -2.21. The zero-order valence-electron chi connectivity index (χ0n) is 13.4. The second-order valence-corrected chi connectivity index (χ2v) is 7.06. The maximum atomic E-state index is 9.61. The van der Waals surface area contributed by atoms with Crippen molar-refractivity contribution < 1.29 is 5.11 Å². The van der Waals surface area contributed by atoms with Crippen molar-refractivity contribution in [3.63, 3.8) is 0 Å². The van der Waals surface area contributed by atoms with Crippen molar-refractivity contribution in [3.05, 3.63) is 0 Å². The molecule has 116 valence electrons. The fourth-order valence-electron chi connectivity index (χ4n) is 2.71. The van der Waals surface area contributed by atoms with Crippen LogP contribution in [-0.4, -0.2) is 17.1 Å². The third-order valence-electron chi connectivity index (χ3n) is 3.92. The molecule has 0 saturated heterocycles. The van der Waals surface area contributed by atoms with E-state index in [9.17, 15) is 5.11 Å². The van der Waals surface area contributed by atoms with Gasteiger partial charge in [-0.2, -0.15) is 0 Å². The van der Waals surface area contributed by atoms with Gasteiger partial charge in [-0.1, -0.05) is 78.6 Å². The molecule has 1 nitrogen and oxygen atoms in total. The molecule has 0 amide bonds. The van der Waals surface area contributed by atoms with Crippen molar-refractivity contribution in [1.82, 2.24) is 0 Å². The minimum Gasteiger partial charge on any atom is -0.392 e. The Labute approximate surface area is 126 Å². The van der Waals surface area contributed by atoms with Crippen LogP contribution in [0.1, 0.15) is 91.4 Å². The third kappa shape index (κ3) is 13.0. The molecule has 1 unspecified atom stereocenters. The first-order valence-electron chi connectivity index (χ1n) is 8.26. The van der Waals surface area contributed by atoms with Gasteiger partial charge in [0.15, 0.2) is 0 Å². The second kappa shape index (κ2) is 12.0. The molecule has 0 radical (unpaired) electrons. The lowest BCUT2D eigenvalue weighted by atomic mass is 9.82. The molecule has 0 rings (SSSR count). The van der Waals surface area contributed by atoms with E-state index in [4.69, 9.17) is 11.6 Å². The normalized spacial score (nSPS) is 13.7. The van der Waals surface area contributed by atoms with Crippen LogP contribution < -0.4 is 0 Å². The molecule has 0 saturated carbocycles. The molecule has 1 N–H and O–H groups in total. The molecule has 0 bridgehead atoms. The van der Waals surface area contributed by atoms with E-state index in [1.807, 2.05) is 0 Å². The summed E-state index contributed by atoms with van der Waals surface area (Å²) in [6, 6.07) is 0. The number of aliphatic hydroxyl groups excluding tert-OH is 1. The highest BCUT2D eigenvalue weighted by Gasteiger charge is 2.21. The van der Waals surface area contributed by atoms with Crippen LogP contribution in [0, 0.1) is 5.41 Å². The molecular formula is C17H35ClO. The highest BCUT2D eigenvalue weighted by molar-refractivity contribution is 6.18. The van der Waals surface area contributed by atoms with E-state index < -0.39 is 0 Å². The summed E-state index contributed by atoms with van der Waals surface area (Å²) in [6.07, 6.45) is 14.1. The lowest BCUT2D eigenvalue weighted by Gasteiger charge is -2.26. The molecule has 0 spiro atoms. The van der Waals surface area contributed by atoms with E-state index in [0.717, 1.165) is 6.42 Å². The van der Waals surface area contributed by atoms with E-state index >= 15 is 0 Å². The van der Waals surface area contributed by atoms with Gasteiger partial charge in [-0.25, -0.2) is 0 Å². The quantitative estimate of drug-likeness (QED) is 0.329. The van der Waals surface area contributed by atoms with Gasteiger partial charge >= 0.3 is 0 Å². The number of halogens is 1.